The Bertz CT molecular complexity index is 571. The minimum atomic E-state index is -0.176. The molecule has 1 saturated carbocycles. The van der Waals surface area contributed by atoms with Crippen LogP contribution in [0.15, 0.2) is 18.5 Å². The summed E-state index contributed by atoms with van der Waals surface area (Å²) in [7, 11) is 0. The first-order valence-electron chi connectivity index (χ1n) is 6.64. The maximum Gasteiger partial charge on any atom is 0.257 e. The zero-order valence-corrected chi connectivity index (χ0v) is 11.0. The van der Waals surface area contributed by atoms with Crippen LogP contribution in [0.2, 0.25) is 0 Å². The van der Waals surface area contributed by atoms with E-state index in [-0.39, 0.29) is 12.1 Å². The average Bonchev–Trinajstić information content (AvgIpc) is 3.07. The Morgan fingerprint density at radius 2 is 2.25 bits per heavy atom. The lowest BCUT2D eigenvalue weighted by atomic mass is 10.1. The minimum Gasteiger partial charge on any atom is -0.393 e. The van der Waals surface area contributed by atoms with Crippen molar-refractivity contribution in [2.45, 2.75) is 25.4 Å². The van der Waals surface area contributed by atoms with Gasteiger partial charge >= 0.3 is 0 Å². The van der Waals surface area contributed by atoms with Crippen molar-refractivity contribution in [3.63, 3.8) is 0 Å². The van der Waals surface area contributed by atoms with Crippen LogP contribution in [-0.4, -0.2) is 42.5 Å². The zero-order chi connectivity index (χ0) is 13.9. The van der Waals surface area contributed by atoms with Gasteiger partial charge in [0.2, 0.25) is 11.9 Å². The van der Waals surface area contributed by atoms with Crippen LogP contribution < -0.4 is 11.1 Å². The van der Waals surface area contributed by atoms with Gasteiger partial charge in [0.15, 0.2) is 0 Å². The molecule has 2 atom stereocenters. The van der Waals surface area contributed by atoms with Crippen molar-refractivity contribution in [1.29, 1.82) is 0 Å². The van der Waals surface area contributed by atoms with Crippen molar-refractivity contribution < 1.29 is 5.11 Å². The fourth-order valence-electron chi connectivity index (χ4n) is 2.42. The Balaban J connectivity index is 1.70. The molecule has 0 amide bonds. The normalized spacial score (nSPS) is 22.1. The summed E-state index contributed by atoms with van der Waals surface area (Å²) in [5, 5.41) is 16.7. The van der Waals surface area contributed by atoms with Gasteiger partial charge in [0, 0.05) is 18.9 Å². The minimum absolute atomic E-state index is 0.152. The number of hydrogen-bond acceptors (Lipinski definition) is 7. The molecular formula is C12H17N7O. The molecule has 3 rings (SSSR count). The smallest absolute Gasteiger partial charge is 0.257 e. The average molecular weight is 275 g/mol. The molecule has 8 nitrogen and oxygen atoms in total. The van der Waals surface area contributed by atoms with E-state index in [1.165, 1.54) is 4.68 Å². The van der Waals surface area contributed by atoms with E-state index >= 15 is 0 Å². The summed E-state index contributed by atoms with van der Waals surface area (Å²) < 4.78 is 1.53. The molecule has 8 heteroatoms. The van der Waals surface area contributed by atoms with E-state index in [2.05, 4.69) is 25.4 Å². The van der Waals surface area contributed by atoms with Crippen molar-refractivity contribution in [1.82, 2.24) is 24.7 Å². The van der Waals surface area contributed by atoms with E-state index in [9.17, 15) is 5.11 Å². The van der Waals surface area contributed by atoms with E-state index < -0.39 is 0 Å². The van der Waals surface area contributed by atoms with Gasteiger partial charge < -0.3 is 16.2 Å². The van der Waals surface area contributed by atoms with Crippen LogP contribution in [0, 0.1) is 5.92 Å². The van der Waals surface area contributed by atoms with E-state index in [0.717, 1.165) is 25.8 Å². The second-order valence-corrected chi connectivity index (χ2v) is 4.98. The van der Waals surface area contributed by atoms with Gasteiger partial charge in [-0.05, 0) is 31.2 Å². The van der Waals surface area contributed by atoms with E-state index in [0.29, 0.717) is 17.8 Å². The highest BCUT2D eigenvalue weighted by atomic mass is 16.3. The third-order valence-corrected chi connectivity index (χ3v) is 3.41. The Kier molecular flexibility index (Phi) is 3.46. The fourth-order valence-corrected chi connectivity index (χ4v) is 2.42. The first-order chi connectivity index (χ1) is 9.70. The maximum absolute atomic E-state index is 9.51. The number of hydrogen-bond donors (Lipinski definition) is 3. The van der Waals surface area contributed by atoms with Gasteiger partial charge in [0.05, 0.1) is 6.10 Å². The highest BCUT2D eigenvalue weighted by Gasteiger charge is 2.22. The molecule has 4 N–H and O–H groups in total. The quantitative estimate of drug-likeness (QED) is 0.730. The van der Waals surface area contributed by atoms with Gasteiger partial charge in [0.1, 0.15) is 0 Å². The van der Waals surface area contributed by atoms with Crippen LogP contribution in [0.4, 0.5) is 11.9 Å². The van der Waals surface area contributed by atoms with Crippen molar-refractivity contribution in [3.8, 4) is 5.95 Å². The topological polar surface area (TPSA) is 115 Å². The SMILES string of the molecule is Nc1nc(NCC2CCC(O)C2)nc(-n2cccn2)n1. The molecule has 2 unspecified atom stereocenters. The molecule has 20 heavy (non-hydrogen) atoms. The first-order valence-corrected chi connectivity index (χ1v) is 6.64. The van der Waals surface area contributed by atoms with Crippen molar-refractivity contribution in [2.24, 2.45) is 5.92 Å². The monoisotopic (exact) mass is 275 g/mol. The van der Waals surface area contributed by atoms with Crippen LogP contribution in [0.5, 0.6) is 0 Å². The number of aliphatic hydroxyl groups excluding tert-OH is 1. The molecule has 1 fully saturated rings. The van der Waals surface area contributed by atoms with E-state index in [1.54, 1.807) is 18.5 Å². The molecule has 1 aliphatic rings. The highest BCUT2D eigenvalue weighted by Crippen LogP contribution is 2.25. The molecule has 2 aromatic rings. The standard InChI is InChI=1S/C12H17N7O/c13-10-16-11(14-7-8-2-3-9(20)6-8)18-12(17-10)19-5-1-4-15-19/h1,4-5,8-9,20H,2-3,6-7H2,(H3,13,14,16,17,18). The Morgan fingerprint density at radius 1 is 1.35 bits per heavy atom. The molecule has 1 aliphatic carbocycles. The second kappa shape index (κ2) is 5.41. The molecule has 0 aliphatic heterocycles. The lowest BCUT2D eigenvalue weighted by Crippen LogP contribution is -2.16. The van der Waals surface area contributed by atoms with E-state index in [4.69, 9.17) is 5.73 Å². The van der Waals surface area contributed by atoms with Crippen LogP contribution in [-0.2, 0) is 0 Å². The third-order valence-electron chi connectivity index (χ3n) is 3.41. The lowest BCUT2D eigenvalue weighted by molar-refractivity contribution is 0.178. The van der Waals surface area contributed by atoms with Crippen molar-refractivity contribution >= 4 is 11.9 Å². The summed E-state index contributed by atoms with van der Waals surface area (Å²) in [5.41, 5.74) is 5.69. The van der Waals surface area contributed by atoms with Gasteiger partial charge in [-0.2, -0.15) is 20.1 Å². The summed E-state index contributed by atoms with van der Waals surface area (Å²) in [6.07, 6.45) is 5.91. The summed E-state index contributed by atoms with van der Waals surface area (Å²) >= 11 is 0. The molecule has 0 spiro atoms. The zero-order valence-electron chi connectivity index (χ0n) is 11.0. The Hall–Kier alpha value is -2.22. The highest BCUT2D eigenvalue weighted by molar-refractivity contribution is 5.34. The molecule has 0 bridgehead atoms. The molecule has 106 valence electrons. The van der Waals surface area contributed by atoms with Crippen molar-refractivity contribution in [3.05, 3.63) is 18.5 Å². The number of nitrogens with two attached hydrogens (primary N) is 1. The molecule has 0 saturated heterocycles. The number of nitrogen functional groups attached to an aromatic ring is 1. The fraction of sp³-hybridized carbons (Fsp3) is 0.500. The predicted octanol–water partition coefficient (Wildman–Crippen LogP) is 0.212. The van der Waals surface area contributed by atoms with Gasteiger partial charge in [-0.1, -0.05) is 0 Å². The van der Waals surface area contributed by atoms with Gasteiger partial charge in [-0.25, -0.2) is 4.68 Å². The number of rotatable bonds is 4. The molecule has 2 heterocycles. The van der Waals surface area contributed by atoms with Crippen molar-refractivity contribution in [2.75, 3.05) is 17.6 Å². The first kappa shape index (κ1) is 12.8. The molecule has 2 aromatic heterocycles. The molecule has 0 radical (unpaired) electrons. The lowest BCUT2D eigenvalue weighted by Gasteiger charge is -2.11. The second-order valence-electron chi connectivity index (χ2n) is 4.98. The number of aromatic nitrogens is 5. The van der Waals surface area contributed by atoms with Gasteiger partial charge in [-0.3, -0.25) is 0 Å². The maximum atomic E-state index is 9.51. The van der Waals surface area contributed by atoms with Crippen LogP contribution in [0.25, 0.3) is 5.95 Å². The number of nitrogens with one attached hydrogen (secondary N) is 1. The number of aliphatic hydroxyl groups is 1. The van der Waals surface area contributed by atoms with Crippen LogP contribution in [0.1, 0.15) is 19.3 Å². The largest absolute Gasteiger partial charge is 0.393 e. The third kappa shape index (κ3) is 2.85. The van der Waals surface area contributed by atoms with E-state index in [1.807, 2.05) is 0 Å². The summed E-state index contributed by atoms with van der Waals surface area (Å²) in [5.74, 6) is 1.41. The summed E-state index contributed by atoms with van der Waals surface area (Å²) in [4.78, 5) is 12.4. The van der Waals surface area contributed by atoms with Gasteiger partial charge in [0.25, 0.3) is 5.95 Å². The molecular weight excluding hydrogens is 258 g/mol. The van der Waals surface area contributed by atoms with Crippen LogP contribution in [0.3, 0.4) is 0 Å². The summed E-state index contributed by atoms with van der Waals surface area (Å²) in [6.45, 7) is 0.721. The summed E-state index contributed by atoms with van der Waals surface area (Å²) in [6, 6.07) is 1.78. The van der Waals surface area contributed by atoms with Gasteiger partial charge in [-0.15, -0.1) is 0 Å². The number of anilines is 2. The molecule has 0 aromatic carbocycles. The Labute approximate surface area is 116 Å². The number of nitrogens with zero attached hydrogens (tertiary/aromatic N) is 5. The predicted molar refractivity (Wildman–Crippen MR) is 73.2 cm³/mol. The Morgan fingerprint density at radius 3 is 2.95 bits per heavy atom. The van der Waals surface area contributed by atoms with Crippen LogP contribution >= 0.6 is 0 Å².